The van der Waals surface area contributed by atoms with Gasteiger partial charge in [-0.2, -0.15) is 0 Å². The van der Waals surface area contributed by atoms with Crippen LogP contribution in [0.2, 0.25) is 0 Å². The Morgan fingerprint density at radius 3 is 1.74 bits per heavy atom. The molecule has 0 radical (unpaired) electrons. The highest BCUT2D eigenvalue weighted by atomic mass is 16.4. The summed E-state index contributed by atoms with van der Waals surface area (Å²) < 4.78 is 0. The number of carbonyl (C=O) groups excluding carboxylic acids is 4. The molecule has 4 amide bonds. The molecule has 0 saturated carbocycles. The molecular weight excluding hydrogens is 460 g/mol. The van der Waals surface area contributed by atoms with Crippen LogP contribution < -0.4 is 32.7 Å². The smallest absolute Gasteiger partial charge is 0.325 e. The van der Waals surface area contributed by atoms with Crippen molar-refractivity contribution in [3.63, 3.8) is 0 Å². The molecule has 6 atom stereocenters. The second kappa shape index (κ2) is 16.0. The maximum atomic E-state index is 13.0. The van der Waals surface area contributed by atoms with E-state index >= 15 is 0 Å². The van der Waals surface area contributed by atoms with Gasteiger partial charge in [-0.1, -0.05) is 13.8 Å². The lowest BCUT2D eigenvalue weighted by Crippen LogP contribution is -2.58. The van der Waals surface area contributed by atoms with Crippen LogP contribution in [0.5, 0.6) is 0 Å². The van der Waals surface area contributed by atoms with E-state index < -0.39 is 65.9 Å². The zero-order chi connectivity index (χ0) is 27.3. The van der Waals surface area contributed by atoms with Crippen LogP contribution in [0.15, 0.2) is 0 Å². The standard InChI is InChI=1S/C22H42N6O7/c1-11(2)10-16(28-21(33)17(24)14(5)29)20(32)27-15(8-6-7-9-23)19(31)25-12(3)18(30)26-13(4)22(34)35/h11-17,29H,6-10,23-24H2,1-5H3,(H,25,31)(H,26,30)(H,27,32)(H,28,33)(H,34,35)/t12-,13-,14+,15-,16-,17-/m0/s1. The van der Waals surface area contributed by atoms with Gasteiger partial charge in [-0.3, -0.25) is 24.0 Å². The van der Waals surface area contributed by atoms with Crippen molar-refractivity contribution in [2.45, 2.75) is 96.6 Å². The first-order chi connectivity index (χ1) is 16.2. The number of unbranched alkanes of at least 4 members (excludes halogenated alkanes) is 1. The number of nitrogens with two attached hydrogens (primary N) is 2. The molecule has 0 aliphatic heterocycles. The number of nitrogens with one attached hydrogen (secondary N) is 4. The van der Waals surface area contributed by atoms with Crippen molar-refractivity contribution in [2.75, 3.05) is 6.54 Å². The maximum Gasteiger partial charge on any atom is 0.325 e. The monoisotopic (exact) mass is 502 g/mol. The van der Waals surface area contributed by atoms with Crippen molar-refractivity contribution in [3.8, 4) is 0 Å². The number of carbonyl (C=O) groups is 5. The van der Waals surface area contributed by atoms with E-state index in [1.54, 1.807) is 0 Å². The van der Waals surface area contributed by atoms with Crippen LogP contribution in [-0.4, -0.2) is 82.7 Å². The number of carboxylic acid groups (broad SMARTS) is 1. The minimum absolute atomic E-state index is 0.0123. The van der Waals surface area contributed by atoms with Crippen molar-refractivity contribution in [1.29, 1.82) is 0 Å². The summed E-state index contributed by atoms with van der Waals surface area (Å²) in [5.41, 5.74) is 11.2. The van der Waals surface area contributed by atoms with Gasteiger partial charge in [-0.15, -0.1) is 0 Å². The zero-order valence-electron chi connectivity index (χ0n) is 21.2. The molecular formula is C22H42N6O7. The second-order valence-corrected chi connectivity index (χ2v) is 9.10. The maximum absolute atomic E-state index is 13.0. The predicted octanol–water partition coefficient (Wildman–Crippen LogP) is -2.07. The van der Waals surface area contributed by atoms with Crippen LogP contribution in [0.25, 0.3) is 0 Å². The van der Waals surface area contributed by atoms with E-state index in [0.29, 0.717) is 19.4 Å². The molecule has 0 rings (SSSR count). The van der Waals surface area contributed by atoms with Gasteiger partial charge in [0.15, 0.2) is 0 Å². The fraction of sp³-hybridized carbons (Fsp3) is 0.773. The third-order valence-corrected chi connectivity index (χ3v) is 5.22. The van der Waals surface area contributed by atoms with E-state index in [1.165, 1.54) is 20.8 Å². The van der Waals surface area contributed by atoms with E-state index in [2.05, 4.69) is 21.3 Å². The van der Waals surface area contributed by atoms with E-state index in [-0.39, 0.29) is 18.8 Å². The van der Waals surface area contributed by atoms with E-state index in [0.717, 1.165) is 0 Å². The Bertz CT molecular complexity index is 731. The summed E-state index contributed by atoms with van der Waals surface area (Å²) in [5.74, 6) is -3.87. The first-order valence-electron chi connectivity index (χ1n) is 11.8. The van der Waals surface area contributed by atoms with Crippen LogP contribution in [0.3, 0.4) is 0 Å². The lowest BCUT2D eigenvalue weighted by Gasteiger charge is -2.26. The Morgan fingerprint density at radius 1 is 0.743 bits per heavy atom. The third kappa shape index (κ3) is 12.5. The summed E-state index contributed by atoms with van der Waals surface area (Å²) in [4.78, 5) is 61.3. The number of hydrogen-bond acceptors (Lipinski definition) is 8. The van der Waals surface area contributed by atoms with Crippen LogP contribution in [0.1, 0.15) is 60.3 Å². The molecule has 0 bridgehead atoms. The van der Waals surface area contributed by atoms with Gasteiger partial charge >= 0.3 is 5.97 Å². The van der Waals surface area contributed by atoms with Gasteiger partial charge in [0.25, 0.3) is 0 Å². The highest BCUT2D eigenvalue weighted by Gasteiger charge is 2.30. The fourth-order valence-electron chi connectivity index (χ4n) is 3.00. The molecule has 0 aromatic carbocycles. The van der Waals surface area contributed by atoms with Crippen LogP contribution in [0, 0.1) is 5.92 Å². The normalized spacial score (nSPS) is 16.3. The number of aliphatic carboxylic acids is 1. The molecule has 0 aromatic rings. The minimum Gasteiger partial charge on any atom is -0.480 e. The quantitative estimate of drug-likeness (QED) is 0.108. The molecule has 0 aromatic heterocycles. The third-order valence-electron chi connectivity index (χ3n) is 5.22. The number of hydrogen-bond donors (Lipinski definition) is 8. The molecule has 13 heteroatoms. The largest absolute Gasteiger partial charge is 0.480 e. The Kier molecular flexibility index (Phi) is 14.7. The van der Waals surface area contributed by atoms with Gasteiger partial charge in [0.2, 0.25) is 23.6 Å². The van der Waals surface area contributed by atoms with Gasteiger partial charge in [0.1, 0.15) is 30.2 Å². The predicted molar refractivity (Wildman–Crippen MR) is 129 cm³/mol. The summed E-state index contributed by atoms with van der Waals surface area (Å²) in [5, 5.41) is 28.4. The number of aliphatic hydroxyl groups excluding tert-OH is 1. The Balaban J connectivity index is 5.45. The molecule has 0 spiro atoms. The number of amides is 4. The highest BCUT2D eigenvalue weighted by Crippen LogP contribution is 2.08. The Labute approximate surface area is 206 Å². The molecule has 0 heterocycles. The first kappa shape index (κ1) is 32.2. The summed E-state index contributed by atoms with van der Waals surface area (Å²) in [7, 11) is 0. The minimum atomic E-state index is -1.23. The van der Waals surface area contributed by atoms with Gasteiger partial charge in [-0.05, 0) is 58.9 Å². The Hall–Kier alpha value is -2.77. The second-order valence-electron chi connectivity index (χ2n) is 9.10. The molecule has 0 unspecified atom stereocenters. The highest BCUT2D eigenvalue weighted by molar-refractivity contribution is 5.95. The lowest BCUT2D eigenvalue weighted by molar-refractivity contribution is -0.141. The molecule has 0 aliphatic rings. The molecule has 202 valence electrons. The van der Waals surface area contributed by atoms with Gasteiger partial charge in [-0.25, -0.2) is 0 Å². The van der Waals surface area contributed by atoms with Crippen LogP contribution >= 0.6 is 0 Å². The summed E-state index contributed by atoms with van der Waals surface area (Å²) in [6.45, 7) is 8.12. The average molecular weight is 503 g/mol. The molecule has 0 fully saturated rings. The van der Waals surface area contributed by atoms with Crippen molar-refractivity contribution in [1.82, 2.24) is 21.3 Å². The molecule has 13 nitrogen and oxygen atoms in total. The topological polar surface area (TPSA) is 226 Å². The summed E-state index contributed by atoms with van der Waals surface area (Å²) in [6, 6.07) is -5.47. The summed E-state index contributed by atoms with van der Waals surface area (Å²) >= 11 is 0. The van der Waals surface area contributed by atoms with Crippen LogP contribution in [0.4, 0.5) is 0 Å². The molecule has 35 heavy (non-hydrogen) atoms. The van der Waals surface area contributed by atoms with E-state index in [1.807, 2.05) is 13.8 Å². The van der Waals surface area contributed by atoms with Gasteiger partial charge in [0, 0.05) is 0 Å². The number of rotatable bonds is 16. The van der Waals surface area contributed by atoms with Gasteiger partial charge in [0.05, 0.1) is 6.10 Å². The fourth-order valence-corrected chi connectivity index (χ4v) is 3.00. The first-order valence-corrected chi connectivity index (χ1v) is 11.8. The van der Waals surface area contributed by atoms with E-state index in [4.69, 9.17) is 16.6 Å². The van der Waals surface area contributed by atoms with E-state index in [9.17, 15) is 29.1 Å². The zero-order valence-corrected chi connectivity index (χ0v) is 21.2. The van der Waals surface area contributed by atoms with Crippen molar-refractivity contribution >= 4 is 29.6 Å². The van der Waals surface area contributed by atoms with Crippen LogP contribution in [-0.2, 0) is 24.0 Å². The Morgan fingerprint density at radius 2 is 1.26 bits per heavy atom. The number of aliphatic hydroxyl groups is 1. The van der Waals surface area contributed by atoms with Crippen molar-refractivity contribution < 1.29 is 34.2 Å². The van der Waals surface area contributed by atoms with Gasteiger partial charge < -0.3 is 42.9 Å². The SMILES string of the molecule is CC(C)C[C@H](NC(=O)[C@@H](N)[C@@H](C)O)C(=O)N[C@@H](CCCCN)C(=O)N[C@@H](C)C(=O)N[C@@H](C)C(=O)O. The molecule has 0 saturated heterocycles. The average Bonchev–Trinajstić information content (AvgIpc) is 2.76. The summed E-state index contributed by atoms with van der Waals surface area (Å²) in [6.07, 6.45) is 0.474. The van der Waals surface area contributed by atoms with Crippen molar-refractivity contribution in [3.05, 3.63) is 0 Å². The van der Waals surface area contributed by atoms with Crippen molar-refractivity contribution in [2.24, 2.45) is 17.4 Å². The molecule has 10 N–H and O–H groups in total. The number of carboxylic acids is 1. The molecule has 0 aliphatic carbocycles. The lowest BCUT2D eigenvalue weighted by atomic mass is 10.0.